The highest BCUT2D eigenvalue weighted by atomic mass is 32.2. The molecule has 0 saturated carbocycles. The van der Waals surface area contributed by atoms with E-state index >= 15 is 0 Å². The second-order valence-corrected chi connectivity index (χ2v) is 7.57. The monoisotopic (exact) mass is 315 g/mol. The summed E-state index contributed by atoms with van der Waals surface area (Å²) < 4.78 is 0. The van der Waals surface area contributed by atoms with E-state index in [1.54, 1.807) is 20.8 Å². The van der Waals surface area contributed by atoms with Crippen molar-refractivity contribution in [2.45, 2.75) is 47.1 Å². The fourth-order valence-corrected chi connectivity index (χ4v) is 1.76. The Morgan fingerprint density at radius 1 is 1.10 bits per heavy atom. The third kappa shape index (κ3) is 9.12. The van der Waals surface area contributed by atoms with E-state index in [0.717, 1.165) is 11.8 Å². The Bertz CT molecular complexity index is 445. The van der Waals surface area contributed by atoms with E-state index in [2.05, 4.69) is 10.6 Å². The molecule has 4 N–H and O–H groups in total. The minimum absolute atomic E-state index is 0.0107. The Labute approximate surface area is 130 Å². The summed E-state index contributed by atoms with van der Waals surface area (Å²) in [4.78, 5) is 34.7. The van der Waals surface area contributed by atoms with Gasteiger partial charge < -0.3 is 16.4 Å². The molecule has 3 amide bonds. The lowest BCUT2D eigenvalue weighted by molar-refractivity contribution is -0.129. The number of nitrogens with one attached hydrogen (secondary N) is 2. The number of thioether (sulfide) groups is 1. The van der Waals surface area contributed by atoms with Crippen LogP contribution in [0.5, 0.6) is 0 Å². The average molecular weight is 315 g/mol. The van der Waals surface area contributed by atoms with Crippen molar-refractivity contribution in [1.29, 1.82) is 0 Å². The van der Waals surface area contributed by atoms with Crippen molar-refractivity contribution < 1.29 is 14.4 Å². The molecule has 0 aliphatic rings. The van der Waals surface area contributed by atoms with Crippen LogP contribution in [0.2, 0.25) is 0 Å². The van der Waals surface area contributed by atoms with Crippen LogP contribution in [0.25, 0.3) is 0 Å². The lowest BCUT2D eigenvalue weighted by Gasteiger charge is -2.20. The predicted molar refractivity (Wildman–Crippen MR) is 85.2 cm³/mol. The highest BCUT2D eigenvalue weighted by Crippen LogP contribution is 2.14. The number of carbonyl (C=O) groups is 3. The maximum Gasteiger partial charge on any atom is 0.265 e. The molecule has 0 fully saturated rings. The minimum atomic E-state index is -0.740. The summed E-state index contributed by atoms with van der Waals surface area (Å²) in [6.45, 7) is 10.8. The van der Waals surface area contributed by atoms with Gasteiger partial charge in [0.25, 0.3) is 5.91 Å². The smallest absolute Gasteiger partial charge is 0.265 e. The van der Waals surface area contributed by atoms with Crippen molar-refractivity contribution >= 4 is 29.5 Å². The normalized spacial score (nSPS) is 12.8. The fourth-order valence-electron chi connectivity index (χ4n) is 1.11. The quantitative estimate of drug-likeness (QED) is 0.662. The van der Waals surface area contributed by atoms with Crippen LogP contribution < -0.4 is 16.4 Å². The molecule has 0 atom stereocenters. The van der Waals surface area contributed by atoms with Gasteiger partial charge in [-0.05, 0) is 20.8 Å². The molecule has 0 bridgehead atoms. The molecule has 0 radical (unpaired) electrons. The Kier molecular flexibility index (Phi) is 6.96. The molecule has 0 aromatic rings. The highest BCUT2D eigenvalue weighted by Gasteiger charge is 2.23. The molecule has 120 valence electrons. The fraction of sp³-hybridized carbons (Fsp3) is 0.643. The summed E-state index contributed by atoms with van der Waals surface area (Å²) in [6, 6.07) is 0. The molecule has 0 spiro atoms. The van der Waals surface area contributed by atoms with E-state index < -0.39 is 11.3 Å². The van der Waals surface area contributed by atoms with Crippen molar-refractivity contribution in [3.05, 3.63) is 11.1 Å². The Balaban J connectivity index is 4.60. The number of primary amides is 1. The third-order valence-electron chi connectivity index (χ3n) is 2.12. The molecule has 0 aliphatic carbocycles. The predicted octanol–water partition coefficient (Wildman–Crippen LogP) is 1.12. The number of hydrogen-bond donors (Lipinski definition) is 3. The largest absolute Gasteiger partial charge is 0.364 e. The van der Waals surface area contributed by atoms with Gasteiger partial charge in [-0.2, -0.15) is 0 Å². The summed E-state index contributed by atoms with van der Waals surface area (Å²) in [7, 11) is 0. The zero-order valence-electron chi connectivity index (χ0n) is 13.5. The average Bonchev–Trinajstić information content (AvgIpc) is 2.23. The van der Waals surface area contributed by atoms with Crippen LogP contribution in [0.4, 0.5) is 0 Å². The van der Waals surface area contributed by atoms with Crippen LogP contribution in [-0.4, -0.2) is 29.0 Å². The SMILES string of the molecule is CC(C)(C)NC(=O)CS/C=C(/NC(=O)C(C)(C)C)C(N)=O. The number of nitrogens with two attached hydrogens (primary N) is 1. The molecule has 0 unspecified atom stereocenters. The van der Waals surface area contributed by atoms with Crippen LogP contribution in [-0.2, 0) is 14.4 Å². The molecule has 0 aromatic heterocycles. The maximum atomic E-state index is 11.8. The van der Waals surface area contributed by atoms with Gasteiger partial charge in [-0.3, -0.25) is 14.4 Å². The third-order valence-corrected chi connectivity index (χ3v) is 2.96. The standard InChI is InChI=1S/C14H25N3O3S/c1-13(2,3)12(20)16-9(11(15)19)7-21-8-10(18)17-14(4,5)6/h7H,8H2,1-6H3,(H2,15,19)(H,16,20)(H,17,18)/b9-7+. The van der Waals surface area contributed by atoms with E-state index in [1.165, 1.54) is 5.41 Å². The van der Waals surface area contributed by atoms with Gasteiger partial charge in [-0.1, -0.05) is 20.8 Å². The first kappa shape index (κ1) is 19.5. The van der Waals surface area contributed by atoms with E-state index in [-0.39, 0.29) is 28.8 Å². The van der Waals surface area contributed by atoms with Gasteiger partial charge in [-0.25, -0.2) is 0 Å². The van der Waals surface area contributed by atoms with E-state index in [4.69, 9.17) is 5.73 Å². The molecule has 7 heteroatoms. The van der Waals surface area contributed by atoms with Gasteiger partial charge in [0.2, 0.25) is 11.8 Å². The van der Waals surface area contributed by atoms with E-state index in [9.17, 15) is 14.4 Å². The lowest BCUT2D eigenvalue weighted by Crippen LogP contribution is -2.41. The van der Waals surface area contributed by atoms with Crippen LogP contribution in [0.1, 0.15) is 41.5 Å². The number of hydrogen-bond acceptors (Lipinski definition) is 4. The molecule has 6 nitrogen and oxygen atoms in total. The van der Waals surface area contributed by atoms with Gasteiger partial charge in [0.15, 0.2) is 0 Å². The van der Waals surface area contributed by atoms with Gasteiger partial charge in [-0.15, -0.1) is 11.8 Å². The van der Waals surface area contributed by atoms with Crippen LogP contribution >= 0.6 is 11.8 Å². The van der Waals surface area contributed by atoms with Gasteiger partial charge in [0.05, 0.1) is 5.75 Å². The molecule has 0 saturated heterocycles. The Morgan fingerprint density at radius 3 is 2.00 bits per heavy atom. The van der Waals surface area contributed by atoms with Gasteiger partial charge in [0, 0.05) is 16.4 Å². The zero-order valence-corrected chi connectivity index (χ0v) is 14.3. The van der Waals surface area contributed by atoms with Crippen LogP contribution in [0.15, 0.2) is 11.1 Å². The first-order valence-electron chi connectivity index (χ1n) is 6.57. The van der Waals surface area contributed by atoms with E-state index in [0.29, 0.717) is 0 Å². The first-order chi connectivity index (χ1) is 9.33. The summed E-state index contributed by atoms with van der Waals surface area (Å²) in [6.07, 6.45) is 0. The summed E-state index contributed by atoms with van der Waals surface area (Å²) in [5.41, 5.74) is 4.25. The highest BCUT2D eigenvalue weighted by molar-refractivity contribution is 8.02. The summed E-state index contributed by atoms with van der Waals surface area (Å²) in [5, 5.41) is 6.67. The second-order valence-electron chi connectivity index (χ2n) is 6.71. The van der Waals surface area contributed by atoms with Crippen LogP contribution in [0, 0.1) is 5.41 Å². The first-order valence-corrected chi connectivity index (χ1v) is 7.62. The molecular formula is C14H25N3O3S. The van der Waals surface area contributed by atoms with Crippen molar-refractivity contribution in [2.75, 3.05) is 5.75 Å². The number of rotatable bonds is 5. The molecule has 0 heterocycles. The molecule has 0 rings (SSSR count). The van der Waals surface area contributed by atoms with Crippen molar-refractivity contribution in [3.8, 4) is 0 Å². The van der Waals surface area contributed by atoms with E-state index in [1.807, 2.05) is 20.8 Å². The van der Waals surface area contributed by atoms with Crippen LogP contribution in [0.3, 0.4) is 0 Å². The van der Waals surface area contributed by atoms with Crippen molar-refractivity contribution in [3.63, 3.8) is 0 Å². The number of carbonyl (C=O) groups excluding carboxylic acids is 3. The topological polar surface area (TPSA) is 101 Å². The van der Waals surface area contributed by atoms with Crippen molar-refractivity contribution in [1.82, 2.24) is 10.6 Å². The van der Waals surface area contributed by atoms with Gasteiger partial charge >= 0.3 is 0 Å². The minimum Gasteiger partial charge on any atom is -0.364 e. The molecule has 21 heavy (non-hydrogen) atoms. The lowest BCUT2D eigenvalue weighted by atomic mass is 9.95. The summed E-state index contributed by atoms with van der Waals surface area (Å²) in [5.74, 6) is -1.07. The van der Waals surface area contributed by atoms with Crippen molar-refractivity contribution in [2.24, 2.45) is 11.1 Å². The van der Waals surface area contributed by atoms with Gasteiger partial charge in [0.1, 0.15) is 5.70 Å². The molecule has 0 aliphatic heterocycles. The maximum absolute atomic E-state index is 11.8. The molecule has 0 aromatic carbocycles. The molecular weight excluding hydrogens is 290 g/mol. The zero-order chi connectivity index (χ0) is 16.8. The Hall–Kier alpha value is -1.50. The number of amides is 3. The second kappa shape index (κ2) is 7.49. The Morgan fingerprint density at radius 2 is 1.62 bits per heavy atom. The summed E-state index contributed by atoms with van der Waals surface area (Å²) >= 11 is 1.10.